The van der Waals surface area contributed by atoms with Crippen LogP contribution in [-0.2, 0) is 15.4 Å². The molecule has 1 fully saturated rings. The van der Waals surface area contributed by atoms with Gasteiger partial charge in [-0.1, -0.05) is 26.8 Å². The second-order valence-electron chi connectivity index (χ2n) is 6.12. The lowest BCUT2D eigenvalue weighted by atomic mass is 9.85. The molecule has 0 aromatic heterocycles. The smallest absolute Gasteiger partial charge is 0.229 e. The maximum Gasteiger partial charge on any atom is 0.229 e. The number of hydrogen-bond acceptors (Lipinski definition) is 3. The van der Waals surface area contributed by atoms with E-state index in [-0.39, 0.29) is 11.5 Å². The summed E-state index contributed by atoms with van der Waals surface area (Å²) in [6.07, 6.45) is 3.60. The summed E-state index contributed by atoms with van der Waals surface area (Å²) in [6, 6.07) is 5.51. The van der Waals surface area contributed by atoms with Gasteiger partial charge in [0.05, 0.1) is 18.0 Å². The Labute approximate surface area is 115 Å². The fourth-order valence-corrected chi connectivity index (χ4v) is 2.62. The van der Waals surface area contributed by atoms with E-state index in [1.54, 1.807) is 6.07 Å². The molecule has 0 atom stereocenters. The zero-order valence-corrected chi connectivity index (χ0v) is 12.7. The highest BCUT2D eigenvalue weighted by Crippen LogP contribution is 2.40. The first kappa shape index (κ1) is 14.2. The van der Waals surface area contributed by atoms with Crippen molar-refractivity contribution in [3.05, 3.63) is 23.8 Å². The molecule has 0 amide bonds. The average Bonchev–Trinajstić information content (AvgIpc) is 2.97. The van der Waals surface area contributed by atoms with Crippen molar-refractivity contribution in [3.63, 3.8) is 0 Å². The lowest BCUT2D eigenvalue weighted by molar-refractivity contribution is 0.295. The Bertz CT molecular complexity index is 569. The second-order valence-corrected chi connectivity index (χ2v) is 7.87. The van der Waals surface area contributed by atoms with Crippen molar-refractivity contribution < 1.29 is 13.2 Å². The summed E-state index contributed by atoms with van der Waals surface area (Å²) in [5.74, 6) is 0.781. The van der Waals surface area contributed by atoms with Crippen molar-refractivity contribution in [3.8, 4) is 5.75 Å². The molecule has 1 N–H and O–H groups in total. The summed E-state index contributed by atoms with van der Waals surface area (Å²) < 4.78 is 31.4. The highest BCUT2D eigenvalue weighted by atomic mass is 32.2. The van der Waals surface area contributed by atoms with E-state index in [2.05, 4.69) is 25.5 Å². The number of nitrogens with one attached hydrogen (secondary N) is 1. The van der Waals surface area contributed by atoms with E-state index >= 15 is 0 Å². The van der Waals surface area contributed by atoms with Crippen LogP contribution in [0.25, 0.3) is 0 Å². The van der Waals surface area contributed by atoms with Gasteiger partial charge < -0.3 is 4.74 Å². The molecule has 0 spiro atoms. The van der Waals surface area contributed by atoms with E-state index in [0.29, 0.717) is 5.69 Å². The van der Waals surface area contributed by atoms with Crippen LogP contribution in [0, 0.1) is 0 Å². The number of hydrogen-bond donors (Lipinski definition) is 1. The van der Waals surface area contributed by atoms with Crippen molar-refractivity contribution >= 4 is 15.7 Å². The SMILES string of the molecule is CC(C)(C)c1c(NS(C)(=O)=O)cccc1OC1CC1. The van der Waals surface area contributed by atoms with Gasteiger partial charge in [0.1, 0.15) is 5.75 Å². The van der Waals surface area contributed by atoms with Crippen LogP contribution in [0.5, 0.6) is 5.75 Å². The molecule has 0 radical (unpaired) electrons. The van der Waals surface area contributed by atoms with Gasteiger partial charge >= 0.3 is 0 Å². The first-order valence-electron chi connectivity index (χ1n) is 6.45. The molecule has 0 aliphatic heterocycles. The molecule has 1 aromatic carbocycles. The highest BCUT2D eigenvalue weighted by Gasteiger charge is 2.29. The zero-order chi connectivity index (χ0) is 14.3. The standard InChI is InChI=1S/C14H21NO3S/c1-14(2,3)13-11(15-19(4,16)17)6-5-7-12(13)18-10-8-9-10/h5-7,10,15H,8-9H2,1-4H3. The average molecular weight is 283 g/mol. The summed E-state index contributed by atoms with van der Waals surface area (Å²) in [5.41, 5.74) is 1.32. The maximum atomic E-state index is 11.5. The minimum Gasteiger partial charge on any atom is -0.490 e. The highest BCUT2D eigenvalue weighted by molar-refractivity contribution is 7.92. The number of rotatable bonds is 4. The predicted octanol–water partition coefficient (Wildman–Crippen LogP) is 2.90. The molecule has 1 aromatic rings. The van der Waals surface area contributed by atoms with Gasteiger partial charge in [0.25, 0.3) is 0 Å². The molecular weight excluding hydrogens is 262 g/mol. The third-order valence-corrected chi connectivity index (χ3v) is 3.48. The van der Waals surface area contributed by atoms with Gasteiger partial charge in [-0.25, -0.2) is 8.42 Å². The van der Waals surface area contributed by atoms with E-state index in [0.717, 1.165) is 30.4 Å². The molecule has 19 heavy (non-hydrogen) atoms. The van der Waals surface area contributed by atoms with E-state index in [9.17, 15) is 8.42 Å². The summed E-state index contributed by atoms with van der Waals surface area (Å²) in [6.45, 7) is 6.15. The van der Waals surface area contributed by atoms with Crippen LogP contribution < -0.4 is 9.46 Å². The van der Waals surface area contributed by atoms with Gasteiger partial charge in [-0.3, -0.25) is 4.72 Å². The lowest BCUT2D eigenvalue weighted by Crippen LogP contribution is -2.19. The third kappa shape index (κ3) is 3.86. The van der Waals surface area contributed by atoms with Crippen LogP contribution in [0.2, 0.25) is 0 Å². The largest absolute Gasteiger partial charge is 0.490 e. The Morgan fingerprint density at radius 2 is 1.89 bits per heavy atom. The van der Waals surface area contributed by atoms with Gasteiger partial charge in [-0.15, -0.1) is 0 Å². The van der Waals surface area contributed by atoms with Crippen LogP contribution in [0.4, 0.5) is 5.69 Å². The normalized spacial score (nSPS) is 16.2. The second kappa shape index (κ2) is 4.71. The Kier molecular flexibility index (Phi) is 3.51. The van der Waals surface area contributed by atoms with E-state index < -0.39 is 10.0 Å². The van der Waals surface area contributed by atoms with Gasteiger partial charge in [-0.2, -0.15) is 0 Å². The van der Waals surface area contributed by atoms with Crippen LogP contribution in [0.3, 0.4) is 0 Å². The Morgan fingerprint density at radius 1 is 1.26 bits per heavy atom. The summed E-state index contributed by atoms with van der Waals surface area (Å²) in [5, 5.41) is 0. The molecule has 106 valence electrons. The molecule has 5 heteroatoms. The molecule has 4 nitrogen and oxygen atoms in total. The number of sulfonamides is 1. The van der Waals surface area contributed by atoms with E-state index in [1.165, 1.54) is 0 Å². The molecule has 1 aliphatic carbocycles. The molecule has 1 aliphatic rings. The van der Waals surface area contributed by atoms with Crippen molar-refractivity contribution in [1.82, 2.24) is 0 Å². The summed E-state index contributed by atoms with van der Waals surface area (Å²) in [4.78, 5) is 0. The van der Waals surface area contributed by atoms with E-state index in [4.69, 9.17) is 4.74 Å². The minimum absolute atomic E-state index is 0.196. The minimum atomic E-state index is -3.30. The molecular formula is C14H21NO3S. The van der Waals surface area contributed by atoms with Crippen LogP contribution in [0.1, 0.15) is 39.2 Å². The molecule has 0 unspecified atom stereocenters. The number of ether oxygens (including phenoxy) is 1. The van der Waals surface area contributed by atoms with Crippen molar-refractivity contribution in [2.75, 3.05) is 11.0 Å². The third-order valence-electron chi connectivity index (χ3n) is 2.89. The summed E-state index contributed by atoms with van der Waals surface area (Å²) >= 11 is 0. The number of anilines is 1. The molecule has 0 saturated heterocycles. The molecule has 1 saturated carbocycles. The summed E-state index contributed by atoms with van der Waals surface area (Å²) in [7, 11) is -3.30. The fraction of sp³-hybridized carbons (Fsp3) is 0.571. The van der Waals surface area contributed by atoms with Crippen molar-refractivity contribution in [1.29, 1.82) is 0 Å². The topological polar surface area (TPSA) is 55.4 Å². The van der Waals surface area contributed by atoms with E-state index in [1.807, 2.05) is 12.1 Å². The van der Waals surface area contributed by atoms with Crippen LogP contribution >= 0.6 is 0 Å². The van der Waals surface area contributed by atoms with Gasteiger partial charge in [0, 0.05) is 5.56 Å². The van der Waals surface area contributed by atoms with Crippen LogP contribution in [0.15, 0.2) is 18.2 Å². The predicted molar refractivity (Wildman–Crippen MR) is 77.3 cm³/mol. The zero-order valence-electron chi connectivity index (χ0n) is 11.9. The Balaban J connectivity index is 2.46. The quantitative estimate of drug-likeness (QED) is 0.924. The van der Waals surface area contributed by atoms with Crippen LogP contribution in [-0.4, -0.2) is 20.8 Å². The maximum absolute atomic E-state index is 11.5. The number of benzene rings is 1. The van der Waals surface area contributed by atoms with Gasteiger partial charge in [-0.05, 0) is 30.4 Å². The lowest BCUT2D eigenvalue weighted by Gasteiger charge is -2.26. The van der Waals surface area contributed by atoms with Crippen molar-refractivity contribution in [2.24, 2.45) is 0 Å². The molecule has 0 heterocycles. The molecule has 0 bridgehead atoms. The first-order chi connectivity index (χ1) is 8.67. The Hall–Kier alpha value is -1.23. The van der Waals surface area contributed by atoms with Crippen molar-refractivity contribution in [2.45, 2.75) is 45.1 Å². The fourth-order valence-electron chi connectivity index (χ4n) is 2.05. The first-order valence-corrected chi connectivity index (χ1v) is 8.34. The van der Waals surface area contributed by atoms with Gasteiger partial charge in [0.2, 0.25) is 10.0 Å². The molecule has 2 rings (SSSR count). The monoisotopic (exact) mass is 283 g/mol. The van der Waals surface area contributed by atoms with Gasteiger partial charge in [0.15, 0.2) is 0 Å². The Morgan fingerprint density at radius 3 is 2.37 bits per heavy atom.